The van der Waals surface area contributed by atoms with E-state index in [1.165, 1.54) is 0 Å². The van der Waals surface area contributed by atoms with E-state index in [-0.39, 0.29) is 11.8 Å². The number of carbonyl (C=O) groups is 1. The number of rotatable bonds is 4. The Morgan fingerprint density at radius 2 is 2.25 bits per heavy atom. The van der Waals surface area contributed by atoms with E-state index < -0.39 is 0 Å². The van der Waals surface area contributed by atoms with Crippen LogP contribution >= 0.6 is 11.8 Å². The SMILES string of the molecule is C#CCN1CCC(C(=O)Nc2cccc(SC)c2)CC1. The Hall–Kier alpha value is -1.44. The van der Waals surface area contributed by atoms with Gasteiger partial charge in [0.15, 0.2) is 0 Å². The van der Waals surface area contributed by atoms with E-state index in [1.807, 2.05) is 30.5 Å². The highest BCUT2D eigenvalue weighted by Crippen LogP contribution is 2.22. The number of thioether (sulfide) groups is 1. The van der Waals surface area contributed by atoms with Crippen molar-refractivity contribution in [3.63, 3.8) is 0 Å². The summed E-state index contributed by atoms with van der Waals surface area (Å²) in [6.07, 6.45) is 9.11. The third-order valence-electron chi connectivity index (χ3n) is 3.61. The first-order valence-electron chi connectivity index (χ1n) is 6.83. The van der Waals surface area contributed by atoms with Crippen molar-refractivity contribution in [1.82, 2.24) is 4.90 Å². The van der Waals surface area contributed by atoms with Crippen LogP contribution in [-0.4, -0.2) is 36.7 Å². The molecule has 20 heavy (non-hydrogen) atoms. The zero-order valence-electron chi connectivity index (χ0n) is 11.8. The molecule has 0 spiro atoms. The standard InChI is InChI=1S/C16H20N2OS/c1-3-9-18-10-7-13(8-11-18)16(19)17-14-5-4-6-15(12-14)20-2/h1,4-6,12-13H,7-11H2,2H3,(H,17,19). The smallest absolute Gasteiger partial charge is 0.227 e. The van der Waals surface area contributed by atoms with Gasteiger partial charge in [0.25, 0.3) is 0 Å². The van der Waals surface area contributed by atoms with Gasteiger partial charge in [0, 0.05) is 16.5 Å². The number of hydrogen-bond acceptors (Lipinski definition) is 3. The minimum absolute atomic E-state index is 0.0990. The fraction of sp³-hybridized carbons (Fsp3) is 0.438. The molecule has 0 aliphatic carbocycles. The van der Waals surface area contributed by atoms with Crippen molar-refractivity contribution < 1.29 is 4.79 Å². The van der Waals surface area contributed by atoms with Crippen LogP contribution in [0.2, 0.25) is 0 Å². The number of benzene rings is 1. The number of hydrogen-bond donors (Lipinski definition) is 1. The van der Waals surface area contributed by atoms with E-state index >= 15 is 0 Å². The summed E-state index contributed by atoms with van der Waals surface area (Å²) in [6.45, 7) is 2.50. The summed E-state index contributed by atoms with van der Waals surface area (Å²) in [5.74, 6) is 2.88. The van der Waals surface area contributed by atoms with E-state index in [0.717, 1.165) is 36.5 Å². The lowest BCUT2D eigenvalue weighted by molar-refractivity contribution is -0.121. The molecular formula is C16H20N2OS. The molecule has 1 heterocycles. The lowest BCUT2D eigenvalue weighted by Gasteiger charge is -2.29. The maximum atomic E-state index is 12.3. The third kappa shape index (κ3) is 4.03. The highest BCUT2D eigenvalue weighted by molar-refractivity contribution is 7.98. The molecule has 106 valence electrons. The van der Waals surface area contributed by atoms with Crippen LogP contribution in [0.15, 0.2) is 29.2 Å². The summed E-state index contributed by atoms with van der Waals surface area (Å²) < 4.78 is 0. The first-order chi connectivity index (χ1) is 9.72. The molecule has 1 saturated heterocycles. The Morgan fingerprint density at radius 1 is 1.50 bits per heavy atom. The number of amides is 1. The van der Waals surface area contributed by atoms with Gasteiger partial charge >= 0.3 is 0 Å². The molecule has 0 bridgehead atoms. The van der Waals surface area contributed by atoms with Gasteiger partial charge in [0.2, 0.25) is 5.91 Å². The molecule has 1 amide bonds. The predicted molar refractivity (Wildman–Crippen MR) is 84.8 cm³/mol. The Kier molecular flexibility index (Phi) is 5.51. The van der Waals surface area contributed by atoms with Crippen molar-refractivity contribution in [1.29, 1.82) is 0 Å². The van der Waals surface area contributed by atoms with Crippen molar-refractivity contribution in [3.05, 3.63) is 24.3 Å². The van der Waals surface area contributed by atoms with Crippen LogP contribution in [0.4, 0.5) is 5.69 Å². The normalized spacial score (nSPS) is 16.6. The van der Waals surface area contributed by atoms with Gasteiger partial charge in [0.05, 0.1) is 6.54 Å². The minimum Gasteiger partial charge on any atom is -0.326 e. The predicted octanol–water partition coefficient (Wildman–Crippen LogP) is 2.69. The molecule has 1 N–H and O–H groups in total. The topological polar surface area (TPSA) is 32.3 Å². The monoisotopic (exact) mass is 288 g/mol. The van der Waals surface area contributed by atoms with Gasteiger partial charge in [-0.2, -0.15) is 0 Å². The Morgan fingerprint density at radius 3 is 2.90 bits per heavy atom. The summed E-state index contributed by atoms with van der Waals surface area (Å²) in [6, 6.07) is 7.96. The van der Waals surface area contributed by atoms with Crippen LogP contribution in [0.3, 0.4) is 0 Å². The van der Waals surface area contributed by atoms with Crippen LogP contribution in [0.25, 0.3) is 0 Å². The summed E-state index contributed by atoms with van der Waals surface area (Å²) in [5, 5.41) is 3.02. The number of carbonyl (C=O) groups excluding carboxylic acids is 1. The van der Waals surface area contributed by atoms with E-state index in [1.54, 1.807) is 11.8 Å². The first kappa shape index (κ1) is 15.0. The average molecular weight is 288 g/mol. The van der Waals surface area contributed by atoms with Gasteiger partial charge in [-0.3, -0.25) is 9.69 Å². The average Bonchev–Trinajstić information content (AvgIpc) is 2.48. The second kappa shape index (κ2) is 7.37. The maximum absolute atomic E-state index is 12.3. The fourth-order valence-corrected chi connectivity index (χ4v) is 2.89. The lowest BCUT2D eigenvalue weighted by atomic mass is 9.96. The summed E-state index contributed by atoms with van der Waals surface area (Å²) in [5.41, 5.74) is 0.882. The number of likely N-dealkylation sites (tertiary alicyclic amines) is 1. The number of anilines is 1. The molecule has 3 nitrogen and oxygen atoms in total. The molecule has 0 unspecified atom stereocenters. The summed E-state index contributed by atoms with van der Waals surface area (Å²) in [7, 11) is 0. The molecule has 1 fully saturated rings. The van der Waals surface area contributed by atoms with Crippen molar-refractivity contribution >= 4 is 23.4 Å². The third-order valence-corrected chi connectivity index (χ3v) is 4.34. The Bertz CT molecular complexity index is 501. The molecule has 1 aliphatic heterocycles. The second-order valence-electron chi connectivity index (χ2n) is 4.98. The molecule has 1 aromatic rings. The minimum atomic E-state index is 0.0990. The molecule has 1 aromatic carbocycles. The van der Waals surface area contributed by atoms with Crippen molar-refractivity contribution in [2.45, 2.75) is 17.7 Å². The zero-order chi connectivity index (χ0) is 14.4. The van der Waals surface area contributed by atoms with E-state index in [2.05, 4.69) is 16.1 Å². The summed E-state index contributed by atoms with van der Waals surface area (Å²) in [4.78, 5) is 15.6. The Balaban J connectivity index is 1.88. The number of terminal acetylenes is 1. The van der Waals surface area contributed by atoms with E-state index in [0.29, 0.717) is 6.54 Å². The highest BCUT2D eigenvalue weighted by atomic mass is 32.2. The van der Waals surface area contributed by atoms with Crippen molar-refractivity contribution in [3.8, 4) is 12.3 Å². The van der Waals surface area contributed by atoms with Gasteiger partial charge in [-0.1, -0.05) is 12.0 Å². The molecule has 2 rings (SSSR count). The highest BCUT2D eigenvalue weighted by Gasteiger charge is 2.24. The lowest BCUT2D eigenvalue weighted by Crippen LogP contribution is -2.38. The molecule has 0 atom stereocenters. The van der Waals surface area contributed by atoms with Gasteiger partial charge in [0.1, 0.15) is 0 Å². The second-order valence-corrected chi connectivity index (χ2v) is 5.86. The van der Waals surface area contributed by atoms with Crippen molar-refractivity contribution in [2.24, 2.45) is 5.92 Å². The largest absolute Gasteiger partial charge is 0.326 e. The molecule has 1 aliphatic rings. The van der Waals surface area contributed by atoms with Gasteiger partial charge < -0.3 is 5.32 Å². The van der Waals surface area contributed by atoms with E-state index in [9.17, 15) is 4.79 Å². The maximum Gasteiger partial charge on any atom is 0.227 e. The van der Waals surface area contributed by atoms with E-state index in [4.69, 9.17) is 6.42 Å². The van der Waals surface area contributed by atoms with Gasteiger partial charge in [-0.15, -0.1) is 18.2 Å². The zero-order valence-corrected chi connectivity index (χ0v) is 12.6. The molecule has 4 heteroatoms. The van der Waals surface area contributed by atoms with Crippen LogP contribution in [0.1, 0.15) is 12.8 Å². The van der Waals surface area contributed by atoms with Crippen molar-refractivity contribution in [2.75, 3.05) is 31.2 Å². The summed E-state index contributed by atoms with van der Waals surface area (Å²) >= 11 is 1.67. The number of piperidine rings is 1. The Labute approximate surface area is 125 Å². The molecule has 0 aromatic heterocycles. The number of nitrogens with one attached hydrogen (secondary N) is 1. The molecular weight excluding hydrogens is 268 g/mol. The molecule has 0 radical (unpaired) electrons. The number of nitrogens with zero attached hydrogens (tertiary/aromatic N) is 1. The molecule has 0 saturated carbocycles. The van der Waals surface area contributed by atoms with Crippen LogP contribution < -0.4 is 5.32 Å². The van der Waals surface area contributed by atoms with Gasteiger partial charge in [-0.05, 0) is 50.4 Å². The van der Waals surface area contributed by atoms with Crippen LogP contribution in [0, 0.1) is 18.3 Å². The quantitative estimate of drug-likeness (QED) is 0.683. The van der Waals surface area contributed by atoms with Crippen LogP contribution in [0.5, 0.6) is 0 Å². The van der Waals surface area contributed by atoms with Crippen LogP contribution in [-0.2, 0) is 4.79 Å². The fourth-order valence-electron chi connectivity index (χ4n) is 2.43. The first-order valence-corrected chi connectivity index (χ1v) is 8.06. The van der Waals surface area contributed by atoms with Gasteiger partial charge in [-0.25, -0.2) is 0 Å².